The number of amides is 1. The molecule has 4 nitrogen and oxygen atoms in total. The zero-order valence-corrected chi connectivity index (χ0v) is 15.4. The monoisotopic (exact) mass is 351 g/mol. The van der Waals surface area contributed by atoms with Crippen molar-refractivity contribution >= 4 is 17.2 Å². The lowest BCUT2D eigenvalue weighted by Gasteiger charge is -2.17. The molecular weight excluding hydrogens is 330 g/mol. The van der Waals surface area contributed by atoms with E-state index in [4.69, 9.17) is 0 Å². The standard InChI is InChI=1S/C20H21N3OS/c1-4-16(15-10-8-13(2)9-11-15)23-19(24)18-14(3)22-20(25-18)17-7-5-6-12-21-17/h5-12,16H,4H2,1-3H3,(H,23,24). The smallest absolute Gasteiger partial charge is 0.263 e. The summed E-state index contributed by atoms with van der Waals surface area (Å²) in [5, 5.41) is 3.91. The molecule has 1 amide bonds. The van der Waals surface area contributed by atoms with Crippen LogP contribution in [0.4, 0.5) is 0 Å². The zero-order chi connectivity index (χ0) is 17.8. The second-order valence-corrected chi connectivity index (χ2v) is 6.99. The third-order valence-electron chi connectivity index (χ3n) is 4.08. The van der Waals surface area contributed by atoms with E-state index in [-0.39, 0.29) is 11.9 Å². The first-order chi connectivity index (χ1) is 12.1. The number of nitrogens with zero attached hydrogens (tertiary/aromatic N) is 2. The second-order valence-electron chi connectivity index (χ2n) is 5.99. The molecule has 0 spiro atoms. The quantitative estimate of drug-likeness (QED) is 0.725. The first kappa shape index (κ1) is 17.3. The Morgan fingerprint density at radius 3 is 2.56 bits per heavy atom. The summed E-state index contributed by atoms with van der Waals surface area (Å²) in [6.07, 6.45) is 2.57. The van der Waals surface area contributed by atoms with Crippen LogP contribution in [0, 0.1) is 13.8 Å². The number of aromatic nitrogens is 2. The number of carbonyl (C=O) groups excluding carboxylic acids is 1. The first-order valence-electron chi connectivity index (χ1n) is 8.34. The molecule has 1 aromatic carbocycles. The van der Waals surface area contributed by atoms with Crippen LogP contribution >= 0.6 is 11.3 Å². The van der Waals surface area contributed by atoms with Crippen LogP contribution in [0.15, 0.2) is 48.7 Å². The minimum atomic E-state index is -0.0791. The number of hydrogen-bond donors (Lipinski definition) is 1. The average molecular weight is 351 g/mol. The Morgan fingerprint density at radius 2 is 1.92 bits per heavy atom. The van der Waals surface area contributed by atoms with Crippen molar-refractivity contribution in [3.63, 3.8) is 0 Å². The lowest BCUT2D eigenvalue weighted by Crippen LogP contribution is -2.28. The predicted octanol–water partition coefficient (Wildman–Crippen LogP) is 4.70. The van der Waals surface area contributed by atoms with Crippen molar-refractivity contribution in [1.29, 1.82) is 0 Å². The highest BCUT2D eigenvalue weighted by molar-refractivity contribution is 7.17. The number of thiazole rings is 1. The third-order valence-corrected chi connectivity index (χ3v) is 5.26. The van der Waals surface area contributed by atoms with Gasteiger partial charge in [-0.3, -0.25) is 9.78 Å². The summed E-state index contributed by atoms with van der Waals surface area (Å²) in [6, 6.07) is 14.0. The van der Waals surface area contributed by atoms with E-state index in [0.29, 0.717) is 4.88 Å². The molecule has 0 bridgehead atoms. The van der Waals surface area contributed by atoms with E-state index >= 15 is 0 Å². The van der Waals surface area contributed by atoms with Gasteiger partial charge in [0.1, 0.15) is 9.88 Å². The van der Waals surface area contributed by atoms with Gasteiger partial charge in [-0.2, -0.15) is 0 Å². The van der Waals surface area contributed by atoms with E-state index < -0.39 is 0 Å². The van der Waals surface area contributed by atoms with Gasteiger partial charge in [-0.05, 0) is 38.0 Å². The Kier molecular flexibility index (Phi) is 5.24. The normalized spacial score (nSPS) is 12.0. The van der Waals surface area contributed by atoms with Crippen molar-refractivity contribution in [2.75, 3.05) is 0 Å². The number of nitrogens with one attached hydrogen (secondary N) is 1. The molecule has 2 heterocycles. The maximum atomic E-state index is 12.8. The topological polar surface area (TPSA) is 54.9 Å². The third kappa shape index (κ3) is 3.94. The number of pyridine rings is 1. The van der Waals surface area contributed by atoms with Crippen LogP contribution in [0.5, 0.6) is 0 Å². The molecule has 0 saturated carbocycles. The fourth-order valence-electron chi connectivity index (χ4n) is 2.65. The molecule has 1 unspecified atom stereocenters. The van der Waals surface area contributed by atoms with Gasteiger partial charge in [-0.25, -0.2) is 4.98 Å². The van der Waals surface area contributed by atoms with Crippen LogP contribution in [0.1, 0.15) is 45.9 Å². The molecule has 128 valence electrons. The van der Waals surface area contributed by atoms with Gasteiger partial charge in [-0.1, -0.05) is 42.8 Å². The molecule has 0 aliphatic carbocycles. The predicted molar refractivity (Wildman–Crippen MR) is 102 cm³/mol. The Hall–Kier alpha value is -2.53. The molecule has 0 radical (unpaired) electrons. The van der Waals surface area contributed by atoms with Gasteiger partial charge in [0.2, 0.25) is 0 Å². The first-order valence-corrected chi connectivity index (χ1v) is 9.16. The highest BCUT2D eigenvalue weighted by Gasteiger charge is 2.20. The van der Waals surface area contributed by atoms with Gasteiger partial charge >= 0.3 is 0 Å². The molecule has 1 N–H and O–H groups in total. The second kappa shape index (κ2) is 7.57. The number of rotatable bonds is 5. The van der Waals surface area contributed by atoms with Crippen LogP contribution in [-0.2, 0) is 0 Å². The summed E-state index contributed by atoms with van der Waals surface area (Å²) >= 11 is 1.39. The number of aryl methyl sites for hydroxylation is 2. The van der Waals surface area contributed by atoms with Crippen molar-refractivity contribution in [3.05, 3.63) is 70.4 Å². The summed E-state index contributed by atoms with van der Waals surface area (Å²) in [4.78, 5) is 22.2. The highest BCUT2D eigenvalue weighted by Crippen LogP contribution is 2.27. The lowest BCUT2D eigenvalue weighted by atomic mass is 10.0. The van der Waals surface area contributed by atoms with Gasteiger partial charge < -0.3 is 5.32 Å². The molecule has 0 fully saturated rings. The molecule has 0 aliphatic heterocycles. The fraction of sp³-hybridized carbons (Fsp3) is 0.250. The molecule has 25 heavy (non-hydrogen) atoms. The summed E-state index contributed by atoms with van der Waals surface area (Å²) in [7, 11) is 0. The van der Waals surface area contributed by atoms with Crippen LogP contribution < -0.4 is 5.32 Å². The molecule has 5 heteroatoms. The van der Waals surface area contributed by atoms with Crippen molar-refractivity contribution in [2.24, 2.45) is 0 Å². The molecule has 3 aromatic rings. The van der Waals surface area contributed by atoms with E-state index in [1.165, 1.54) is 16.9 Å². The van der Waals surface area contributed by atoms with Gasteiger partial charge in [-0.15, -0.1) is 11.3 Å². The van der Waals surface area contributed by atoms with E-state index in [1.54, 1.807) is 6.20 Å². The van der Waals surface area contributed by atoms with Gasteiger partial charge in [0.25, 0.3) is 5.91 Å². The summed E-state index contributed by atoms with van der Waals surface area (Å²) < 4.78 is 0. The number of benzene rings is 1. The van der Waals surface area contributed by atoms with E-state index in [0.717, 1.165) is 28.4 Å². The van der Waals surface area contributed by atoms with Gasteiger partial charge in [0, 0.05) is 6.20 Å². The maximum absolute atomic E-state index is 12.8. The van der Waals surface area contributed by atoms with E-state index in [9.17, 15) is 4.79 Å². The highest BCUT2D eigenvalue weighted by atomic mass is 32.1. The van der Waals surface area contributed by atoms with Crippen molar-refractivity contribution in [2.45, 2.75) is 33.2 Å². The molecule has 2 aromatic heterocycles. The minimum absolute atomic E-state index is 0.00657. The summed E-state index contributed by atoms with van der Waals surface area (Å²) in [5.74, 6) is -0.0791. The molecule has 0 aliphatic rings. The lowest BCUT2D eigenvalue weighted by molar-refractivity contribution is 0.0939. The van der Waals surface area contributed by atoms with Crippen molar-refractivity contribution in [1.82, 2.24) is 15.3 Å². The van der Waals surface area contributed by atoms with Crippen LogP contribution in [-0.4, -0.2) is 15.9 Å². The maximum Gasteiger partial charge on any atom is 0.263 e. The molecule has 1 atom stereocenters. The Morgan fingerprint density at radius 1 is 1.16 bits per heavy atom. The Balaban J connectivity index is 1.81. The molecular formula is C20H21N3OS. The molecule has 0 saturated heterocycles. The zero-order valence-electron chi connectivity index (χ0n) is 14.6. The Labute approximate surface area is 152 Å². The SMILES string of the molecule is CCC(NC(=O)c1sc(-c2ccccn2)nc1C)c1ccc(C)cc1. The average Bonchev–Trinajstić information content (AvgIpc) is 3.03. The van der Waals surface area contributed by atoms with Crippen molar-refractivity contribution < 1.29 is 4.79 Å². The van der Waals surface area contributed by atoms with E-state index in [2.05, 4.69) is 53.4 Å². The Bertz CT molecular complexity index is 856. The number of carbonyl (C=O) groups is 1. The van der Waals surface area contributed by atoms with Crippen LogP contribution in [0.2, 0.25) is 0 Å². The van der Waals surface area contributed by atoms with Gasteiger partial charge in [0.05, 0.1) is 17.4 Å². The van der Waals surface area contributed by atoms with E-state index in [1.807, 2.05) is 25.1 Å². The number of hydrogen-bond acceptors (Lipinski definition) is 4. The largest absolute Gasteiger partial charge is 0.344 e. The van der Waals surface area contributed by atoms with Gasteiger partial charge in [0.15, 0.2) is 0 Å². The van der Waals surface area contributed by atoms with Crippen LogP contribution in [0.3, 0.4) is 0 Å². The van der Waals surface area contributed by atoms with Crippen molar-refractivity contribution in [3.8, 4) is 10.7 Å². The summed E-state index contributed by atoms with van der Waals surface area (Å²) in [5.41, 5.74) is 3.86. The van der Waals surface area contributed by atoms with Crippen LogP contribution in [0.25, 0.3) is 10.7 Å². The molecule has 3 rings (SSSR count). The fourth-order valence-corrected chi connectivity index (χ4v) is 3.60. The summed E-state index contributed by atoms with van der Waals surface area (Å²) in [6.45, 7) is 6.00. The minimum Gasteiger partial charge on any atom is -0.344 e.